The van der Waals surface area contributed by atoms with E-state index in [1.54, 1.807) is 24.8 Å². The average Bonchev–Trinajstić information content (AvgIpc) is 2.79. The maximum atomic E-state index is 5.77. The van der Waals surface area contributed by atoms with Gasteiger partial charge in [0.05, 0.1) is 17.0 Å². The molecule has 90 valence electrons. The van der Waals surface area contributed by atoms with Gasteiger partial charge in [-0.25, -0.2) is 9.97 Å². The van der Waals surface area contributed by atoms with Gasteiger partial charge in [0.2, 0.25) is 0 Å². The predicted octanol–water partition coefficient (Wildman–Crippen LogP) is 2.02. The first-order valence-corrected chi connectivity index (χ1v) is 5.74. The number of halogens is 1. The van der Waals surface area contributed by atoms with Crippen LogP contribution in [0.25, 0.3) is 0 Å². The zero-order valence-corrected chi connectivity index (χ0v) is 10.1. The van der Waals surface area contributed by atoms with E-state index in [-0.39, 0.29) is 0 Å². The van der Waals surface area contributed by atoms with Crippen LogP contribution in [-0.2, 0) is 6.54 Å². The topological polar surface area (TPSA) is 68.8 Å². The summed E-state index contributed by atoms with van der Waals surface area (Å²) in [6.45, 7) is 1.72. The molecule has 0 spiro atoms. The summed E-state index contributed by atoms with van der Waals surface area (Å²) in [6.07, 6.45) is 8.06. The minimum Gasteiger partial charge on any atom is -0.396 e. The third-order valence-corrected chi connectivity index (χ3v) is 2.54. The van der Waals surface area contributed by atoms with Crippen molar-refractivity contribution in [1.29, 1.82) is 0 Å². The molecule has 0 amide bonds. The van der Waals surface area contributed by atoms with Gasteiger partial charge in [0, 0.05) is 31.7 Å². The molecule has 2 aromatic rings. The molecule has 0 aliphatic rings. The largest absolute Gasteiger partial charge is 0.396 e. The predicted molar refractivity (Wildman–Crippen MR) is 69.0 cm³/mol. The van der Waals surface area contributed by atoms with E-state index in [0.717, 1.165) is 19.5 Å². The van der Waals surface area contributed by atoms with Crippen molar-refractivity contribution in [2.45, 2.75) is 13.0 Å². The van der Waals surface area contributed by atoms with Crippen molar-refractivity contribution in [2.75, 3.05) is 17.6 Å². The van der Waals surface area contributed by atoms with E-state index in [0.29, 0.717) is 16.5 Å². The SMILES string of the molecule is Nc1cc(Cl)cnc1NCCCn1ccnc1. The molecule has 2 heterocycles. The van der Waals surface area contributed by atoms with E-state index in [2.05, 4.69) is 15.3 Å². The van der Waals surface area contributed by atoms with Gasteiger partial charge in [-0.15, -0.1) is 0 Å². The van der Waals surface area contributed by atoms with Crippen molar-refractivity contribution < 1.29 is 0 Å². The third-order valence-electron chi connectivity index (χ3n) is 2.33. The van der Waals surface area contributed by atoms with Crippen LogP contribution < -0.4 is 11.1 Å². The van der Waals surface area contributed by atoms with Crippen LogP contribution in [0.15, 0.2) is 31.0 Å². The molecule has 0 aliphatic heterocycles. The second-order valence-corrected chi connectivity index (χ2v) is 4.11. The Kier molecular flexibility index (Phi) is 3.82. The van der Waals surface area contributed by atoms with Gasteiger partial charge in [-0.2, -0.15) is 0 Å². The van der Waals surface area contributed by atoms with Crippen molar-refractivity contribution in [2.24, 2.45) is 0 Å². The van der Waals surface area contributed by atoms with Gasteiger partial charge >= 0.3 is 0 Å². The summed E-state index contributed by atoms with van der Waals surface area (Å²) in [4.78, 5) is 8.10. The highest BCUT2D eigenvalue weighted by Crippen LogP contribution is 2.19. The molecule has 0 aliphatic carbocycles. The highest BCUT2D eigenvalue weighted by molar-refractivity contribution is 6.30. The van der Waals surface area contributed by atoms with Gasteiger partial charge in [0.15, 0.2) is 0 Å². The van der Waals surface area contributed by atoms with Gasteiger partial charge in [-0.3, -0.25) is 0 Å². The van der Waals surface area contributed by atoms with Gasteiger partial charge in [-0.05, 0) is 12.5 Å². The number of nitrogen functional groups attached to an aromatic ring is 1. The lowest BCUT2D eigenvalue weighted by Crippen LogP contribution is -2.08. The fourth-order valence-electron chi connectivity index (χ4n) is 1.49. The Bertz CT molecular complexity index is 469. The summed E-state index contributed by atoms with van der Waals surface area (Å²) >= 11 is 5.77. The summed E-state index contributed by atoms with van der Waals surface area (Å²) in [5.41, 5.74) is 6.34. The number of nitrogens with zero attached hydrogens (tertiary/aromatic N) is 3. The first-order chi connectivity index (χ1) is 8.25. The van der Waals surface area contributed by atoms with Crippen LogP contribution >= 0.6 is 11.6 Å². The second kappa shape index (κ2) is 5.54. The summed E-state index contributed by atoms with van der Waals surface area (Å²) in [6, 6.07) is 1.69. The zero-order valence-electron chi connectivity index (χ0n) is 9.31. The number of nitrogens with two attached hydrogens (primary N) is 1. The van der Waals surface area contributed by atoms with E-state index >= 15 is 0 Å². The molecule has 0 radical (unpaired) electrons. The number of aryl methyl sites for hydroxylation is 1. The highest BCUT2D eigenvalue weighted by atomic mass is 35.5. The molecule has 0 unspecified atom stereocenters. The number of rotatable bonds is 5. The minimum absolute atomic E-state index is 0.548. The number of aromatic nitrogens is 3. The van der Waals surface area contributed by atoms with E-state index in [1.807, 2.05) is 10.8 Å². The lowest BCUT2D eigenvalue weighted by Gasteiger charge is -2.08. The molecule has 5 nitrogen and oxygen atoms in total. The molecule has 3 N–H and O–H groups in total. The quantitative estimate of drug-likeness (QED) is 0.798. The molecule has 0 saturated carbocycles. The fourth-order valence-corrected chi connectivity index (χ4v) is 1.66. The van der Waals surface area contributed by atoms with Crippen molar-refractivity contribution in [1.82, 2.24) is 14.5 Å². The summed E-state index contributed by atoms with van der Waals surface area (Å²) < 4.78 is 2.03. The van der Waals surface area contributed by atoms with Crippen LogP contribution in [0.3, 0.4) is 0 Å². The van der Waals surface area contributed by atoms with Crippen molar-refractivity contribution in [3.05, 3.63) is 36.0 Å². The Balaban J connectivity index is 1.78. The maximum Gasteiger partial charge on any atom is 0.149 e. The molecular formula is C11H14ClN5. The van der Waals surface area contributed by atoms with Crippen molar-refractivity contribution in [3.63, 3.8) is 0 Å². The Labute approximate surface area is 105 Å². The molecule has 2 aromatic heterocycles. The van der Waals surface area contributed by atoms with E-state index in [4.69, 9.17) is 17.3 Å². The normalized spacial score (nSPS) is 10.4. The van der Waals surface area contributed by atoms with E-state index in [9.17, 15) is 0 Å². The first kappa shape index (κ1) is 11.7. The van der Waals surface area contributed by atoms with Crippen molar-refractivity contribution >= 4 is 23.1 Å². The van der Waals surface area contributed by atoms with E-state index in [1.165, 1.54) is 0 Å². The monoisotopic (exact) mass is 251 g/mol. The van der Waals surface area contributed by atoms with Crippen LogP contribution in [0.2, 0.25) is 5.02 Å². The molecule has 0 fully saturated rings. The molecule has 0 aromatic carbocycles. The van der Waals surface area contributed by atoms with Gasteiger partial charge in [0.1, 0.15) is 5.82 Å². The minimum atomic E-state index is 0.548. The van der Waals surface area contributed by atoms with Crippen LogP contribution in [0.1, 0.15) is 6.42 Å². The van der Waals surface area contributed by atoms with Gasteiger partial charge < -0.3 is 15.6 Å². The van der Waals surface area contributed by atoms with Crippen LogP contribution in [0.5, 0.6) is 0 Å². The van der Waals surface area contributed by atoms with Crippen LogP contribution in [-0.4, -0.2) is 21.1 Å². The number of anilines is 2. The lowest BCUT2D eigenvalue weighted by molar-refractivity contribution is 0.660. The number of imidazole rings is 1. The zero-order chi connectivity index (χ0) is 12.1. The lowest BCUT2D eigenvalue weighted by atomic mass is 10.3. The Morgan fingerprint density at radius 1 is 1.47 bits per heavy atom. The Morgan fingerprint density at radius 3 is 3.06 bits per heavy atom. The van der Waals surface area contributed by atoms with Crippen LogP contribution in [0, 0.1) is 0 Å². The summed E-state index contributed by atoms with van der Waals surface area (Å²) in [5.74, 6) is 0.681. The molecule has 6 heteroatoms. The van der Waals surface area contributed by atoms with Crippen LogP contribution in [0.4, 0.5) is 11.5 Å². The average molecular weight is 252 g/mol. The first-order valence-electron chi connectivity index (χ1n) is 5.36. The molecule has 0 atom stereocenters. The standard InChI is InChI=1S/C11H14ClN5/c12-9-6-10(13)11(16-7-9)15-2-1-4-17-5-3-14-8-17/h3,5-8H,1-2,4,13H2,(H,15,16). The second-order valence-electron chi connectivity index (χ2n) is 3.67. The number of hydrogen-bond acceptors (Lipinski definition) is 4. The van der Waals surface area contributed by atoms with Crippen molar-refractivity contribution in [3.8, 4) is 0 Å². The fraction of sp³-hybridized carbons (Fsp3) is 0.273. The molecular weight excluding hydrogens is 238 g/mol. The Hall–Kier alpha value is -1.75. The third kappa shape index (κ3) is 3.35. The Morgan fingerprint density at radius 2 is 2.35 bits per heavy atom. The molecule has 0 saturated heterocycles. The molecule has 2 rings (SSSR count). The maximum absolute atomic E-state index is 5.77. The number of pyridine rings is 1. The summed E-state index contributed by atoms with van der Waals surface area (Å²) in [5, 5.41) is 3.72. The van der Waals surface area contributed by atoms with E-state index < -0.39 is 0 Å². The number of nitrogens with one attached hydrogen (secondary N) is 1. The number of hydrogen-bond donors (Lipinski definition) is 2. The van der Waals surface area contributed by atoms with Gasteiger partial charge in [0.25, 0.3) is 0 Å². The van der Waals surface area contributed by atoms with Gasteiger partial charge in [-0.1, -0.05) is 11.6 Å². The smallest absolute Gasteiger partial charge is 0.149 e. The summed E-state index contributed by atoms with van der Waals surface area (Å²) in [7, 11) is 0. The molecule has 17 heavy (non-hydrogen) atoms. The highest BCUT2D eigenvalue weighted by Gasteiger charge is 2.00. The molecule has 0 bridgehead atoms.